The van der Waals surface area contributed by atoms with Crippen molar-refractivity contribution in [3.8, 4) is 11.1 Å². The van der Waals surface area contributed by atoms with Gasteiger partial charge in [-0.05, 0) is 29.5 Å². The number of thiophene rings is 1. The van der Waals surface area contributed by atoms with Crippen molar-refractivity contribution in [3.63, 3.8) is 0 Å². The molecule has 2 nitrogen and oxygen atoms in total. The lowest BCUT2D eigenvalue weighted by atomic mass is 10.0. The summed E-state index contributed by atoms with van der Waals surface area (Å²) in [6.07, 6.45) is 0. The second kappa shape index (κ2) is 4.06. The molecule has 82 valence electrons. The molecule has 0 atom stereocenters. The van der Waals surface area contributed by atoms with Gasteiger partial charge in [-0.1, -0.05) is 12.1 Å². The molecule has 2 aromatic rings. The third-order valence-electron chi connectivity index (χ3n) is 2.38. The van der Waals surface area contributed by atoms with Crippen LogP contribution in [0.2, 0.25) is 0 Å². The lowest BCUT2D eigenvalue weighted by Gasteiger charge is -2.02. The van der Waals surface area contributed by atoms with Crippen LogP contribution in [-0.4, -0.2) is 11.1 Å². The van der Waals surface area contributed by atoms with Crippen LogP contribution in [-0.2, 0) is 0 Å². The van der Waals surface area contributed by atoms with Gasteiger partial charge in [-0.15, -0.1) is 0 Å². The maximum absolute atomic E-state index is 13.4. The number of aryl methyl sites for hydroxylation is 1. The minimum absolute atomic E-state index is 0.216. The van der Waals surface area contributed by atoms with Crippen LogP contribution in [0.25, 0.3) is 11.1 Å². The molecule has 0 radical (unpaired) electrons. The summed E-state index contributed by atoms with van der Waals surface area (Å²) in [4.78, 5) is 10.9. The first-order valence-electron chi connectivity index (χ1n) is 4.65. The number of aromatic carboxylic acids is 1. The van der Waals surface area contributed by atoms with Crippen molar-refractivity contribution in [2.24, 2.45) is 0 Å². The lowest BCUT2D eigenvalue weighted by Crippen LogP contribution is -1.96. The highest BCUT2D eigenvalue weighted by Gasteiger charge is 2.13. The van der Waals surface area contributed by atoms with E-state index in [1.165, 1.54) is 17.4 Å². The monoisotopic (exact) mass is 236 g/mol. The van der Waals surface area contributed by atoms with Gasteiger partial charge in [0.25, 0.3) is 0 Å². The topological polar surface area (TPSA) is 37.3 Å². The highest BCUT2D eigenvalue weighted by atomic mass is 32.1. The Hall–Kier alpha value is -1.68. The van der Waals surface area contributed by atoms with E-state index >= 15 is 0 Å². The fourth-order valence-corrected chi connectivity index (χ4v) is 2.28. The fraction of sp³-hybridized carbons (Fsp3) is 0.0833. The Bertz CT molecular complexity index is 546. The largest absolute Gasteiger partial charge is 0.478 e. The van der Waals surface area contributed by atoms with Crippen molar-refractivity contribution < 1.29 is 14.3 Å². The van der Waals surface area contributed by atoms with Gasteiger partial charge in [-0.3, -0.25) is 0 Å². The number of benzene rings is 1. The molecule has 0 aliphatic rings. The van der Waals surface area contributed by atoms with E-state index in [1.54, 1.807) is 29.8 Å². The van der Waals surface area contributed by atoms with Crippen molar-refractivity contribution in [1.82, 2.24) is 0 Å². The average Bonchev–Trinajstić information content (AvgIpc) is 2.71. The second-order valence-electron chi connectivity index (χ2n) is 3.47. The van der Waals surface area contributed by atoms with E-state index in [9.17, 15) is 9.18 Å². The number of hydrogen-bond acceptors (Lipinski definition) is 2. The molecule has 0 saturated heterocycles. The van der Waals surface area contributed by atoms with Gasteiger partial charge in [-0.25, -0.2) is 9.18 Å². The number of rotatable bonds is 2. The summed E-state index contributed by atoms with van der Waals surface area (Å²) in [6.45, 7) is 1.67. The molecular formula is C12H9FO2S. The van der Waals surface area contributed by atoms with Crippen LogP contribution in [0.3, 0.4) is 0 Å². The molecule has 1 heterocycles. The summed E-state index contributed by atoms with van der Waals surface area (Å²) < 4.78 is 13.4. The van der Waals surface area contributed by atoms with Crippen molar-refractivity contribution in [2.45, 2.75) is 6.92 Å². The Morgan fingerprint density at radius 3 is 2.75 bits per heavy atom. The minimum Gasteiger partial charge on any atom is -0.478 e. The standard InChI is InChI=1S/C12H9FO2S/c1-7-2-3-8(4-11(7)13)9-5-16-6-10(9)12(14)15/h2-6H,1H3,(H,14,15). The fourth-order valence-electron chi connectivity index (χ4n) is 1.45. The van der Waals surface area contributed by atoms with E-state index < -0.39 is 5.97 Å². The molecule has 16 heavy (non-hydrogen) atoms. The zero-order chi connectivity index (χ0) is 11.7. The number of halogens is 1. The van der Waals surface area contributed by atoms with Gasteiger partial charge in [0.15, 0.2) is 0 Å². The van der Waals surface area contributed by atoms with Gasteiger partial charge in [0.05, 0.1) is 5.56 Å². The molecule has 1 N–H and O–H groups in total. The van der Waals surface area contributed by atoms with Gasteiger partial charge in [-0.2, -0.15) is 11.3 Å². The van der Waals surface area contributed by atoms with Crippen molar-refractivity contribution >= 4 is 17.3 Å². The molecule has 0 fully saturated rings. The molecule has 2 rings (SSSR count). The quantitative estimate of drug-likeness (QED) is 0.865. The van der Waals surface area contributed by atoms with Crippen LogP contribution >= 0.6 is 11.3 Å². The number of carbonyl (C=O) groups is 1. The van der Waals surface area contributed by atoms with Gasteiger partial charge < -0.3 is 5.11 Å². The zero-order valence-electron chi connectivity index (χ0n) is 8.53. The second-order valence-corrected chi connectivity index (χ2v) is 4.21. The first-order valence-corrected chi connectivity index (χ1v) is 5.60. The Morgan fingerprint density at radius 1 is 1.38 bits per heavy atom. The molecule has 1 aromatic carbocycles. The predicted octanol–water partition coefficient (Wildman–Crippen LogP) is 3.56. The normalized spacial score (nSPS) is 10.4. The van der Waals surface area contributed by atoms with Gasteiger partial charge >= 0.3 is 5.97 Å². The number of hydrogen-bond donors (Lipinski definition) is 1. The summed E-state index contributed by atoms with van der Waals surface area (Å²) in [6, 6.07) is 4.74. The SMILES string of the molecule is Cc1ccc(-c2cscc2C(=O)O)cc1F. The third kappa shape index (κ3) is 1.84. The van der Waals surface area contributed by atoms with Gasteiger partial charge in [0.1, 0.15) is 5.82 Å². The zero-order valence-corrected chi connectivity index (χ0v) is 9.34. The average molecular weight is 236 g/mol. The molecule has 0 spiro atoms. The first kappa shape index (κ1) is 10.8. The highest BCUT2D eigenvalue weighted by molar-refractivity contribution is 7.08. The number of carboxylic acids is 1. The Morgan fingerprint density at radius 2 is 2.12 bits per heavy atom. The van der Waals surface area contributed by atoms with E-state index in [1.807, 2.05) is 0 Å². The van der Waals surface area contributed by atoms with E-state index in [-0.39, 0.29) is 11.4 Å². The maximum atomic E-state index is 13.4. The summed E-state index contributed by atoms with van der Waals surface area (Å²) in [5, 5.41) is 12.2. The molecule has 4 heteroatoms. The van der Waals surface area contributed by atoms with E-state index in [2.05, 4.69) is 0 Å². The molecule has 0 aliphatic heterocycles. The third-order valence-corrected chi connectivity index (χ3v) is 3.12. The number of carboxylic acid groups (broad SMARTS) is 1. The molecular weight excluding hydrogens is 227 g/mol. The van der Waals surface area contributed by atoms with Gasteiger partial charge in [0, 0.05) is 10.9 Å². The van der Waals surface area contributed by atoms with Crippen LogP contribution in [0, 0.1) is 12.7 Å². The maximum Gasteiger partial charge on any atom is 0.337 e. The lowest BCUT2D eigenvalue weighted by molar-refractivity contribution is 0.0698. The summed E-state index contributed by atoms with van der Waals surface area (Å²) >= 11 is 1.30. The van der Waals surface area contributed by atoms with Crippen molar-refractivity contribution in [3.05, 3.63) is 45.9 Å². The summed E-state index contributed by atoms with van der Waals surface area (Å²) in [7, 11) is 0. The van der Waals surface area contributed by atoms with Crippen molar-refractivity contribution in [2.75, 3.05) is 0 Å². The highest BCUT2D eigenvalue weighted by Crippen LogP contribution is 2.28. The van der Waals surface area contributed by atoms with Crippen molar-refractivity contribution in [1.29, 1.82) is 0 Å². The van der Waals surface area contributed by atoms with Crippen LogP contribution in [0.15, 0.2) is 29.0 Å². The van der Waals surface area contributed by atoms with Crippen LogP contribution in [0.4, 0.5) is 4.39 Å². The van der Waals surface area contributed by atoms with Crippen LogP contribution < -0.4 is 0 Å². The predicted molar refractivity (Wildman–Crippen MR) is 61.4 cm³/mol. The van der Waals surface area contributed by atoms with Crippen LogP contribution in [0.5, 0.6) is 0 Å². The molecule has 0 unspecified atom stereocenters. The molecule has 0 aliphatic carbocycles. The summed E-state index contributed by atoms with van der Waals surface area (Å²) in [5.74, 6) is -1.31. The van der Waals surface area contributed by atoms with Crippen LogP contribution in [0.1, 0.15) is 15.9 Å². The molecule has 1 aromatic heterocycles. The van der Waals surface area contributed by atoms with E-state index in [0.717, 1.165) is 0 Å². The molecule has 0 amide bonds. The van der Waals surface area contributed by atoms with E-state index in [0.29, 0.717) is 16.7 Å². The smallest absolute Gasteiger partial charge is 0.337 e. The minimum atomic E-state index is -0.989. The Kier molecular flexibility index (Phi) is 2.75. The van der Waals surface area contributed by atoms with E-state index in [4.69, 9.17) is 5.11 Å². The Balaban J connectivity index is 2.54. The molecule has 0 saturated carbocycles. The van der Waals surface area contributed by atoms with Gasteiger partial charge in [0.2, 0.25) is 0 Å². The summed E-state index contributed by atoms with van der Waals surface area (Å²) in [5.41, 5.74) is 1.93. The first-order chi connectivity index (χ1) is 7.59. The molecule has 0 bridgehead atoms. The Labute approximate surface area is 96.0 Å².